The maximum absolute atomic E-state index is 13.6. The summed E-state index contributed by atoms with van der Waals surface area (Å²) < 4.78 is 25.0. The van der Waals surface area contributed by atoms with E-state index in [0.717, 1.165) is 17.5 Å². The van der Waals surface area contributed by atoms with Gasteiger partial charge < -0.3 is 19.5 Å². The molecule has 1 aromatic heterocycles. The number of carbonyl (C=O) groups excluding carboxylic acids is 1. The minimum absolute atomic E-state index is 0.00402. The zero-order chi connectivity index (χ0) is 26.2. The molecule has 0 saturated carbocycles. The van der Waals surface area contributed by atoms with Crippen LogP contribution >= 0.6 is 11.3 Å². The lowest BCUT2D eigenvalue weighted by Crippen LogP contribution is -2.49. The molecule has 3 aromatic rings. The highest BCUT2D eigenvalue weighted by atomic mass is 32.1. The van der Waals surface area contributed by atoms with Crippen LogP contribution in [0.2, 0.25) is 0 Å². The lowest BCUT2D eigenvalue weighted by molar-refractivity contribution is -0.137. The molecule has 37 heavy (non-hydrogen) atoms. The Kier molecular flexibility index (Phi) is 9.68. The van der Waals surface area contributed by atoms with E-state index in [2.05, 4.69) is 11.4 Å². The van der Waals surface area contributed by atoms with Gasteiger partial charge in [-0.3, -0.25) is 9.69 Å². The first-order valence-corrected chi connectivity index (χ1v) is 13.6. The summed E-state index contributed by atoms with van der Waals surface area (Å²) in [6.07, 6.45) is 0.102. The Hall–Kier alpha value is -2.78. The van der Waals surface area contributed by atoms with Crippen molar-refractivity contribution >= 4 is 17.2 Å². The van der Waals surface area contributed by atoms with Crippen LogP contribution < -0.4 is 4.74 Å². The SMILES string of the molecule is CC(C)N(CC(=O)N1CCc2sccc2[C@@H]1COc1ccc(F)cc1)C[C@H](O)COCc1ccccc1. The number of benzene rings is 2. The van der Waals surface area contributed by atoms with Crippen molar-refractivity contribution in [1.82, 2.24) is 9.80 Å². The minimum atomic E-state index is -0.707. The molecule has 2 aromatic carbocycles. The second-order valence-corrected chi connectivity index (χ2v) is 10.6. The minimum Gasteiger partial charge on any atom is -0.491 e. The molecule has 1 amide bonds. The Morgan fingerprint density at radius 2 is 1.92 bits per heavy atom. The van der Waals surface area contributed by atoms with Crippen molar-refractivity contribution in [1.29, 1.82) is 0 Å². The zero-order valence-corrected chi connectivity index (χ0v) is 22.2. The van der Waals surface area contributed by atoms with E-state index in [1.165, 1.54) is 17.0 Å². The molecule has 0 unspecified atom stereocenters. The van der Waals surface area contributed by atoms with Gasteiger partial charge in [-0.25, -0.2) is 4.39 Å². The molecule has 0 spiro atoms. The third-order valence-corrected chi connectivity index (χ3v) is 7.57. The first-order valence-electron chi connectivity index (χ1n) is 12.7. The van der Waals surface area contributed by atoms with Gasteiger partial charge in [0.05, 0.1) is 31.9 Å². The Labute approximate surface area is 222 Å². The number of ether oxygens (including phenoxy) is 2. The van der Waals surface area contributed by atoms with Crippen LogP contribution in [-0.4, -0.2) is 65.8 Å². The summed E-state index contributed by atoms with van der Waals surface area (Å²) in [5.41, 5.74) is 2.16. The van der Waals surface area contributed by atoms with E-state index in [1.807, 2.05) is 54.0 Å². The molecule has 2 heterocycles. The van der Waals surface area contributed by atoms with Crippen LogP contribution in [0, 0.1) is 5.82 Å². The largest absolute Gasteiger partial charge is 0.491 e. The molecule has 1 N–H and O–H groups in total. The number of aliphatic hydroxyl groups is 1. The number of aliphatic hydroxyl groups excluding tert-OH is 1. The van der Waals surface area contributed by atoms with Gasteiger partial charge >= 0.3 is 0 Å². The van der Waals surface area contributed by atoms with E-state index in [-0.39, 0.29) is 37.0 Å². The number of halogens is 1. The molecule has 0 saturated heterocycles. The highest BCUT2D eigenvalue weighted by Crippen LogP contribution is 2.34. The van der Waals surface area contributed by atoms with Crippen molar-refractivity contribution in [3.05, 3.63) is 87.9 Å². The molecule has 0 aliphatic carbocycles. The fraction of sp³-hybridized carbons (Fsp3) is 0.414. The fourth-order valence-electron chi connectivity index (χ4n) is 4.51. The van der Waals surface area contributed by atoms with Crippen molar-refractivity contribution < 1.29 is 23.8 Å². The van der Waals surface area contributed by atoms with Crippen LogP contribution in [-0.2, 0) is 22.6 Å². The van der Waals surface area contributed by atoms with Gasteiger partial charge in [0.1, 0.15) is 18.2 Å². The molecule has 1 aliphatic heterocycles. The van der Waals surface area contributed by atoms with E-state index >= 15 is 0 Å². The highest BCUT2D eigenvalue weighted by molar-refractivity contribution is 7.10. The molecule has 0 radical (unpaired) electrons. The Morgan fingerprint density at radius 1 is 1.16 bits per heavy atom. The molecule has 2 atom stereocenters. The molecule has 8 heteroatoms. The van der Waals surface area contributed by atoms with Gasteiger partial charge in [0.15, 0.2) is 0 Å². The van der Waals surface area contributed by atoms with Crippen LogP contribution in [0.1, 0.15) is 35.9 Å². The number of fused-ring (bicyclic) bond motifs is 1. The summed E-state index contributed by atoms with van der Waals surface area (Å²) in [7, 11) is 0. The number of hydrogen-bond donors (Lipinski definition) is 1. The number of rotatable bonds is 12. The number of hydrogen-bond acceptors (Lipinski definition) is 6. The predicted molar refractivity (Wildman–Crippen MR) is 143 cm³/mol. The van der Waals surface area contributed by atoms with Crippen molar-refractivity contribution in [2.24, 2.45) is 0 Å². The lowest BCUT2D eigenvalue weighted by Gasteiger charge is -2.38. The monoisotopic (exact) mass is 526 g/mol. The third-order valence-electron chi connectivity index (χ3n) is 6.57. The lowest BCUT2D eigenvalue weighted by atomic mass is 10.00. The number of thiophene rings is 1. The Morgan fingerprint density at radius 3 is 2.65 bits per heavy atom. The van der Waals surface area contributed by atoms with Gasteiger partial charge in [0, 0.05) is 24.0 Å². The van der Waals surface area contributed by atoms with Crippen LogP contribution in [0.3, 0.4) is 0 Å². The molecule has 198 valence electrons. The fourth-order valence-corrected chi connectivity index (χ4v) is 5.44. The molecule has 1 aliphatic rings. The van der Waals surface area contributed by atoms with Gasteiger partial charge in [-0.2, -0.15) is 0 Å². The average molecular weight is 527 g/mol. The number of amides is 1. The Bertz CT molecular complexity index is 1120. The van der Waals surface area contributed by atoms with Crippen molar-refractivity contribution in [3.8, 4) is 5.75 Å². The number of nitrogens with zero attached hydrogens (tertiary/aromatic N) is 2. The standard InChI is InChI=1S/C29H35FN2O4S/c1-21(2)31(16-24(33)19-35-18-22-6-4-3-5-7-22)17-29(34)32-14-12-28-26(13-15-37-28)27(32)20-36-25-10-8-23(30)9-11-25/h3-11,13,15,21,24,27,33H,12,14,16-20H2,1-2H3/t24-,27-/m0/s1. The van der Waals surface area contributed by atoms with E-state index < -0.39 is 6.10 Å². The van der Waals surface area contributed by atoms with Crippen LogP contribution in [0.25, 0.3) is 0 Å². The second kappa shape index (κ2) is 13.1. The quantitative estimate of drug-likeness (QED) is 0.371. The maximum Gasteiger partial charge on any atom is 0.237 e. The van der Waals surface area contributed by atoms with E-state index in [9.17, 15) is 14.3 Å². The van der Waals surface area contributed by atoms with Crippen LogP contribution in [0.4, 0.5) is 4.39 Å². The van der Waals surface area contributed by atoms with Crippen molar-refractivity contribution in [2.75, 3.05) is 32.8 Å². The summed E-state index contributed by atoms with van der Waals surface area (Å²) in [4.78, 5) is 18.7. The van der Waals surface area contributed by atoms with Gasteiger partial charge in [0.2, 0.25) is 5.91 Å². The van der Waals surface area contributed by atoms with Gasteiger partial charge in [-0.15, -0.1) is 11.3 Å². The van der Waals surface area contributed by atoms with Gasteiger partial charge in [-0.05, 0) is 67.1 Å². The van der Waals surface area contributed by atoms with Gasteiger partial charge in [0.25, 0.3) is 0 Å². The van der Waals surface area contributed by atoms with Crippen molar-refractivity contribution in [3.63, 3.8) is 0 Å². The van der Waals surface area contributed by atoms with E-state index in [0.29, 0.717) is 32.1 Å². The first-order chi connectivity index (χ1) is 17.9. The summed E-state index contributed by atoms with van der Waals surface area (Å²) in [6, 6.07) is 17.7. The molecular weight excluding hydrogens is 491 g/mol. The third kappa shape index (κ3) is 7.61. The maximum atomic E-state index is 13.6. The average Bonchev–Trinajstić information content (AvgIpc) is 3.37. The summed E-state index contributed by atoms with van der Waals surface area (Å²) in [6.45, 7) is 6.11. The second-order valence-electron chi connectivity index (χ2n) is 9.59. The predicted octanol–water partition coefficient (Wildman–Crippen LogP) is 4.68. The van der Waals surface area contributed by atoms with Crippen molar-refractivity contribution in [2.45, 2.75) is 45.1 Å². The summed E-state index contributed by atoms with van der Waals surface area (Å²) in [5.74, 6) is 0.248. The number of carbonyl (C=O) groups is 1. The zero-order valence-electron chi connectivity index (χ0n) is 21.4. The first kappa shape index (κ1) is 27.3. The molecule has 4 rings (SSSR count). The molecule has 0 fully saturated rings. The molecular formula is C29H35FN2O4S. The van der Waals surface area contributed by atoms with E-state index in [1.54, 1.807) is 23.5 Å². The smallest absolute Gasteiger partial charge is 0.237 e. The molecule has 0 bridgehead atoms. The Balaban J connectivity index is 1.36. The topological polar surface area (TPSA) is 62.2 Å². The normalized spacial score (nSPS) is 16.2. The summed E-state index contributed by atoms with van der Waals surface area (Å²) >= 11 is 1.70. The van der Waals surface area contributed by atoms with Crippen LogP contribution in [0.15, 0.2) is 66.0 Å². The highest BCUT2D eigenvalue weighted by Gasteiger charge is 2.33. The van der Waals surface area contributed by atoms with Gasteiger partial charge in [-0.1, -0.05) is 30.3 Å². The molecule has 6 nitrogen and oxygen atoms in total. The summed E-state index contributed by atoms with van der Waals surface area (Å²) in [5, 5.41) is 12.7. The van der Waals surface area contributed by atoms with E-state index in [4.69, 9.17) is 9.47 Å². The van der Waals surface area contributed by atoms with Crippen LogP contribution in [0.5, 0.6) is 5.75 Å².